The number of nitrogens with zero attached hydrogens (tertiary/aromatic N) is 2. The van der Waals surface area contributed by atoms with Crippen molar-refractivity contribution in [3.63, 3.8) is 0 Å². The lowest BCUT2D eigenvalue weighted by Crippen LogP contribution is -2.43. The molecule has 3 nitrogen and oxygen atoms in total. The van der Waals surface area contributed by atoms with E-state index < -0.39 is 5.60 Å². The number of aromatic nitrogens is 1. The third kappa shape index (κ3) is 1.96. The summed E-state index contributed by atoms with van der Waals surface area (Å²) in [6.07, 6.45) is 7.22. The molecule has 1 N–H and O–H groups in total. The van der Waals surface area contributed by atoms with Crippen LogP contribution in [0.4, 0.5) is 0 Å². The summed E-state index contributed by atoms with van der Waals surface area (Å²) >= 11 is 6.12. The Labute approximate surface area is 106 Å². The third-order valence-electron chi connectivity index (χ3n) is 4.17. The minimum atomic E-state index is -0.596. The average molecular weight is 253 g/mol. The third-order valence-corrected chi connectivity index (χ3v) is 4.51. The Morgan fingerprint density at radius 1 is 1.53 bits per heavy atom. The van der Waals surface area contributed by atoms with Crippen LogP contribution in [-0.4, -0.2) is 39.7 Å². The molecule has 1 aromatic rings. The van der Waals surface area contributed by atoms with Crippen LogP contribution in [0, 0.1) is 0 Å². The van der Waals surface area contributed by atoms with Crippen molar-refractivity contribution in [3.05, 3.63) is 29.0 Å². The minimum Gasteiger partial charge on any atom is -0.388 e. The van der Waals surface area contributed by atoms with Crippen molar-refractivity contribution in [1.82, 2.24) is 9.88 Å². The fraction of sp³-hybridized carbons (Fsp3) is 0.615. The first-order valence-corrected chi connectivity index (χ1v) is 6.62. The van der Waals surface area contributed by atoms with Gasteiger partial charge in [0.2, 0.25) is 0 Å². The van der Waals surface area contributed by atoms with E-state index in [4.69, 9.17) is 11.6 Å². The summed E-state index contributed by atoms with van der Waals surface area (Å²) in [5.41, 5.74) is 0.416. The lowest BCUT2D eigenvalue weighted by molar-refractivity contribution is 0.0141. The van der Waals surface area contributed by atoms with Gasteiger partial charge in [-0.3, -0.25) is 9.88 Å². The topological polar surface area (TPSA) is 36.4 Å². The summed E-state index contributed by atoms with van der Waals surface area (Å²) in [5.74, 6) is 0. The Balaban J connectivity index is 1.83. The average Bonchev–Trinajstić information content (AvgIpc) is 2.88. The van der Waals surface area contributed by atoms with E-state index >= 15 is 0 Å². The highest BCUT2D eigenvalue weighted by Crippen LogP contribution is 2.38. The standard InChI is InChI=1S/C13H17ClN2O/c14-11-9-15-5-3-10(11)8-13(17)4-7-16-6-1-2-12(13)16/h3,5,9,12,17H,1-2,4,6-8H2. The van der Waals surface area contributed by atoms with E-state index in [0.717, 1.165) is 31.5 Å². The molecule has 0 bridgehead atoms. The molecule has 2 saturated heterocycles. The summed E-state index contributed by atoms with van der Waals surface area (Å²) in [5, 5.41) is 11.5. The van der Waals surface area contributed by atoms with Crippen LogP contribution in [0.25, 0.3) is 0 Å². The van der Waals surface area contributed by atoms with Gasteiger partial charge in [-0.2, -0.15) is 0 Å². The normalized spacial score (nSPS) is 32.9. The molecule has 0 aromatic carbocycles. The minimum absolute atomic E-state index is 0.326. The zero-order chi connectivity index (χ0) is 11.9. The van der Waals surface area contributed by atoms with E-state index in [1.165, 1.54) is 6.42 Å². The van der Waals surface area contributed by atoms with E-state index in [1.54, 1.807) is 12.4 Å². The Morgan fingerprint density at radius 2 is 2.41 bits per heavy atom. The van der Waals surface area contributed by atoms with Crippen LogP contribution < -0.4 is 0 Å². The Bertz CT molecular complexity index is 426. The van der Waals surface area contributed by atoms with Gasteiger partial charge < -0.3 is 5.11 Å². The van der Waals surface area contributed by atoms with Crippen LogP contribution in [0.3, 0.4) is 0 Å². The first kappa shape index (κ1) is 11.5. The molecule has 2 fully saturated rings. The maximum absolute atomic E-state index is 10.8. The summed E-state index contributed by atoms with van der Waals surface area (Å²) in [6.45, 7) is 2.15. The quantitative estimate of drug-likeness (QED) is 0.873. The summed E-state index contributed by atoms with van der Waals surface area (Å²) in [7, 11) is 0. The molecule has 2 unspecified atom stereocenters. The van der Waals surface area contributed by atoms with Gasteiger partial charge >= 0.3 is 0 Å². The predicted molar refractivity (Wildman–Crippen MR) is 67.1 cm³/mol. The summed E-state index contributed by atoms with van der Waals surface area (Å²) in [6, 6.07) is 2.24. The second-order valence-corrected chi connectivity index (χ2v) is 5.60. The van der Waals surface area contributed by atoms with Gasteiger partial charge in [0, 0.05) is 31.4 Å². The molecule has 92 valence electrons. The van der Waals surface area contributed by atoms with Crippen LogP contribution >= 0.6 is 11.6 Å². The Morgan fingerprint density at radius 3 is 3.24 bits per heavy atom. The van der Waals surface area contributed by atoms with Gasteiger partial charge in [0.15, 0.2) is 0 Å². The molecule has 1 aromatic heterocycles. The highest BCUT2D eigenvalue weighted by Gasteiger charge is 2.47. The monoisotopic (exact) mass is 252 g/mol. The molecule has 2 aliphatic rings. The molecule has 4 heteroatoms. The van der Waals surface area contributed by atoms with Gasteiger partial charge in [-0.1, -0.05) is 11.6 Å². The first-order chi connectivity index (χ1) is 8.19. The lowest BCUT2D eigenvalue weighted by atomic mass is 9.86. The van der Waals surface area contributed by atoms with Crippen LogP contribution in [0.5, 0.6) is 0 Å². The fourth-order valence-electron chi connectivity index (χ4n) is 3.29. The molecule has 0 amide bonds. The van der Waals surface area contributed by atoms with Crippen LogP contribution in [-0.2, 0) is 6.42 Å². The van der Waals surface area contributed by atoms with Gasteiger partial charge in [0.25, 0.3) is 0 Å². The fourth-order valence-corrected chi connectivity index (χ4v) is 3.48. The van der Waals surface area contributed by atoms with Gasteiger partial charge in [-0.15, -0.1) is 0 Å². The Kier molecular flexibility index (Phi) is 2.85. The molecule has 0 radical (unpaired) electrons. The predicted octanol–water partition coefficient (Wildman–Crippen LogP) is 1.88. The number of aliphatic hydroxyl groups is 1. The molecule has 0 spiro atoms. The molecule has 3 heterocycles. The van der Waals surface area contributed by atoms with Crippen LogP contribution in [0.2, 0.25) is 5.02 Å². The van der Waals surface area contributed by atoms with Crippen LogP contribution in [0.15, 0.2) is 18.5 Å². The highest BCUT2D eigenvalue weighted by atomic mass is 35.5. The van der Waals surface area contributed by atoms with Crippen molar-refractivity contribution in [2.75, 3.05) is 13.1 Å². The number of fused-ring (bicyclic) bond motifs is 1. The van der Waals surface area contributed by atoms with Crippen molar-refractivity contribution in [3.8, 4) is 0 Å². The molecule has 0 aliphatic carbocycles. The molecule has 2 aliphatic heterocycles. The SMILES string of the molecule is OC1(Cc2ccncc2Cl)CCN2CCCC21. The van der Waals surface area contributed by atoms with E-state index in [-0.39, 0.29) is 0 Å². The highest BCUT2D eigenvalue weighted by molar-refractivity contribution is 6.31. The van der Waals surface area contributed by atoms with Crippen molar-refractivity contribution in [2.45, 2.75) is 37.3 Å². The van der Waals surface area contributed by atoms with Gasteiger partial charge in [-0.05, 0) is 37.4 Å². The number of hydrogen-bond acceptors (Lipinski definition) is 3. The number of rotatable bonds is 2. The van der Waals surface area contributed by atoms with Crippen molar-refractivity contribution < 1.29 is 5.11 Å². The van der Waals surface area contributed by atoms with Gasteiger partial charge in [0.05, 0.1) is 10.6 Å². The second-order valence-electron chi connectivity index (χ2n) is 5.19. The molecule has 0 saturated carbocycles. The number of pyridine rings is 1. The van der Waals surface area contributed by atoms with Crippen molar-refractivity contribution in [1.29, 1.82) is 0 Å². The molecule has 3 rings (SSSR count). The van der Waals surface area contributed by atoms with Crippen molar-refractivity contribution >= 4 is 11.6 Å². The van der Waals surface area contributed by atoms with E-state index in [0.29, 0.717) is 17.5 Å². The summed E-state index contributed by atoms with van der Waals surface area (Å²) in [4.78, 5) is 6.40. The van der Waals surface area contributed by atoms with E-state index in [1.807, 2.05) is 6.07 Å². The summed E-state index contributed by atoms with van der Waals surface area (Å²) < 4.78 is 0. The maximum Gasteiger partial charge on any atom is 0.0855 e. The Hall–Kier alpha value is -0.640. The van der Waals surface area contributed by atoms with Gasteiger partial charge in [0.1, 0.15) is 0 Å². The molecule has 17 heavy (non-hydrogen) atoms. The van der Waals surface area contributed by atoms with Crippen molar-refractivity contribution in [2.24, 2.45) is 0 Å². The van der Waals surface area contributed by atoms with E-state index in [9.17, 15) is 5.11 Å². The number of hydrogen-bond donors (Lipinski definition) is 1. The number of halogens is 1. The zero-order valence-corrected chi connectivity index (χ0v) is 10.5. The maximum atomic E-state index is 10.8. The molecule has 2 atom stereocenters. The van der Waals surface area contributed by atoms with Gasteiger partial charge in [-0.25, -0.2) is 0 Å². The van der Waals surface area contributed by atoms with Crippen LogP contribution in [0.1, 0.15) is 24.8 Å². The smallest absolute Gasteiger partial charge is 0.0855 e. The molecular formula is C13H17ClN2O. The van der Waals surface area contributed by atoms with E-state index in [2.05, 4.69) is 9.88 Å². The zero-order valence-electron chi connectivity index (χ0n) is 9.77. The lowest BCUT2D eigenvalue weighted by Gasteiger charge is -2.30. The molecular weight excluding hydrogens is 236 g/mol. The largest absolute Gasteiger partial charge is 0.388 e. The first-order valence-electron chi connectivity index (χ1n) is 6.24. The second kappa shape index (κ2) is 4.23.